The maximum absolute atomic E-state index is 12.2. The minimum Gasteiger partial charge on any atom is -0.355 e. The van der Waals surface area contributed by atoms with E-state index in [4.69, 9.17) is 0 Å². The molecule has 5 heteroatoms. The summed E-state index contributed by atoms with van der Waals surface area (Å²) in [5, 5.41) is 2.93. The second-order valence-corrected chi connectivity index (χ2v) is 6.55. The van der Waals surface area contributed by atoms with Gasteiger partial charge < -0.3 is 10.2 Å². The van der Waals surface area contributed by atoms with Crippen LogP contribution < -0.4 is 5.32 Å². The zero-order valence-corrected chi connectivity index (χ0v) is 13.5. The Balaban J connectivity index is 2.46. The Hall–Kier alpha value is -1.10. The van der Waals surface area contributed by atoms with Crippen LogP contribution in [-0.4, -0.2) is 60.4 Å². The van der Waals surface area contributed by atoms with Crippen LogP contribution in [0.25, 0.3) is 0 Å². The molecule has 0 aromatic heterocycles. The van der Waals surface area contributed by atoms with Crippen LogP contribution in [-0.2, 0) is 9.59 Å². The first kappa shape index (κ1) is 17.0. The van der Waals surface area contributed by atoms with Gasteiger partial charge in [-0.05, 0) is 13.3 Å². The number of nitrogens with zero attached hydrogens (tertiary/aromatic N) is 2. The molecule has 1 unspecified atom stereocenters. The zero-order valence-electron chi connectivity index (χ0n) is 13.5. The summed E-state index contributed by atoms with van der Waals surface area (Å²) >= 11 is 0. The standard InChI is InChI=1S/C15H29N3O2/c1-6-7-16-13(19)12(2)17-8-10-18(11-9-17)14(20)15(3,4)5/h12H,6-11H2,1-5H3,(H,16,19). The van der Waals surface area contributed by atoms with Gasteiger partial charge in [0.25, 0.3) is 0 Å². The SMILES string of the molecule is CCCNC(=O)C(C)N1CCN(C(=O)C(C)(C)C)CC1. The summed E-state index contributed by atoms with van der Waals surface area (Å²) in [6.45, 7) is 13.5. The van der Waals surface area contributed by atoms with Crippen molar-refractivity contribution in [2.45, 2.75) is 47.1 Å². The maximum atomic E-state index is 12.2. The van der Waals surface area contributed by atoms with Gasteiger partial charge >= 0.3 is 0 Å². The fourth-order valence-electron chi connectivity index (χ4n) is 2.35. The lowest BCUT2D eigenvalue weighted by molar-refractivity contribution is -0.142. The van der Waals surface area contributed by atoms with E-state index >= 15 is 0 Å². The van der Waals surface area contributed by atoms with Crippen LogP contribution in [0.5, 0.6) is 0 Å². The lowest BCUT2D eigenvalue weighted by atomic mass is 9.94. The molecule has 0 radical (unpaired) electrons. The molecule has 0 aromatic carbocycles. The first-order valence-electron chi connectivity index (χ1n) is 7.58. The Morgan fingerprint density at radius 1 is 1.15 bits per heavy atom. The highest BCUT2D eigenvalue weighted by molar-refractivity contribution is 5.82. The van der Waals surface area contributed by atoms with Gasteiger partial charge in [0.1, 0.15) is 0 Å². The van der Waals surface area contributed by atoms with Gasteiger partial charge in [0.05, 0.1) is 6.04 Å². The summed E-state index contributed by atoms with van der Waals surface area (Å²) in [5.41, 5.74) is -0.327. The molecule has 0 bridgehead atoms. The van der Waals surface area contributed by atoms with Gasteiger partial charge in [0.15, 0.2) is 0 Å². The Bertz CT molecular complexity index is 342. The predicted octanol–water partition coefficient (Wildman–Crippen LogP) is 1.09. The Labute approximate surface area is 122 Å². The molecule has 1 fully saturated rings. The molecule has 116 valence electrons. The largest absolute Gasteiger partial charge is 0.355 e. The number of hydrogen-bond acceptors (Lipinski definition) is 3. The van der Waals surface area contributed by atoms with Crippen molar-refractivity contribution >= 4 is 11.8 Å². The van der Waals surface area contributed by atoms with E-state index in [9.17, 15) is 9.59 Å². The van der Waals surface area contributed by atoms with Gasteiger partial charge in [0, 0.05) is 38.1 Å². The fraction of sp³-hybridized carbons (Fsp3) is 0.867. The molecule has 0 saturated carbocycles. The van der Waals surface area contributed by atoms with Crippen LogP contribution in [0.4, 0.5) is 0 Å². The van der Waals surface area contributed by atoms with Crippen molar-refractivity contribution in [3.63, 3.8) is 0 Å². The second kappa shape index (κ2) is 7.07. The number of hydrogen-bond donors (Lipinski definition) is 1. The van der Waals surface area contributed by atoms with E-state index in [1.807, 2.05) is 39.5 Å². The van der Waals surface area contributed by atoms with Gasteiger partial charge in [-0.3, -0.25) is 14.5 Å². The summed E-state index contributed by atoms with van der Waals surface area (Å²) in [4.78, 5) is 28.2. The minimum atomic E-state index is -0.327. The van der Waals surface area contributed by atoms with Gasteiger partial charge in [0.2, 0.25) is 11.8 Å². The quantitative estimate of drug-likeness (QED) is 0.840. The molecule has 1 saturated heterocycles. The van der Waals surface area contributed by atoms with Crippen LogP contribution in [0.15, 0.2) is 0 Å². The van der Waals surface area contributed by atoms with Crippen LogP contribution in [0.2, 0.25) is 0 Å². The number of carbonyl (C=O) groups is 2. The van der Waals surface area contributed by atoms with E-state index in [1.165, 1.54) is 0 Å². The summed E-state index contributed by atoms with van der Waals surface area (Å²) in [6.07, 6.45) is 0.951. The molecule has 1 rings (SSSR count). The molecule has 1 aliphatic rings. The summed E-state index contributed by atoms with van der Waals surface area (Å²) < 4.78 is 0. The van der Waals surface area contributed by atoms with Crippen LogP contribution in [0, 0.1) is 5.41 Å². The van der Waals surface area contributed by atoms with Crippen molar-refractivity contribution in [3.8, 4) is 0 Å². The van der Waals surface area contributed by atoms with Crippen molar-refractivity contribution < 1.29 is 9.59 Å². The lowest BCUT2D eigenvalue weighted by Crippen LogP contribution is -2.56. The highest BCUT2D eigenvalue weighted by atomic mass is 16.2. The van der Waals surface area contributed by atoms with Crippen molar-refractivity contribution in [1.82, 2.24) is 15.1 Å². The average molecular weight is 283 g/mol. The molecule has 1 atom stereocenters. The smallest absolute Gasteiger partial charge is 0.237 e. The lowest BCUT2D eigenvalue weighted by Gasteiger charge is -2.39. The van der Waals surface area contributed by atoms with E-state index in [0.717, 1.165) is 26.1 Å². The fourth-order valence-corrected chi connectivity index (χ4v) is 2.35. The molecular formula is C15H29N3O2. The third-order valence-electron chi connectivity index (χ3n) is 3.72. The Kier molecular flexibility index (Phi) is 5.99. The first-order valence-corrected chi connectivity index (χ1v) is 7.58. The normalized spacial score (nSPS) is 18.8. The number of carbonyl (C=O) groups excluding carboxylic acids is 2. The highest BCUT2D eigenvalue weighted by Crippen LogP contribution is 2.19. The Morgan fingerprint density at radius 2 is 1.70 bits per heavy atom. The molecule has 20 heavy (non-hydrogen) atoms. The minimum absolute atomic E-state index is 0.0856. The van der Waals surface area contributed by atoms with E-state index in [2.05, 4.69) is 10.2 Å². The third-order valence-corrected chi connectivity index (χ3v) is 3.72. The molecule has 1 heterocycles. The van der Waals surface area contributed by atoms with Crippen molar-refractivity contribution in [2.75, 3.05) is 32.7 Å². The zero-order chi connectivity index (χ0) is 15.3. The molecule has 1 N–H and O–H groups in total. The van der Waals surface area contributed by atoms with Crippen molar-refractivity contribution in [2.24, 2.45) is 5.41 Å². The second-order valence-electron chi connectivity index (χ2n) is 6.55. The van der Waals surface area contributed by atoms with Gasteiger partial charge in [-0.15, -0.1) is 0 Å². The van der Waals surface area contributed by atoms with Crippen molar-refractivity contribution in [1.29, 1.82) is 0 Å². The molecule has 1 aliphatic heterocycles. The summed E-state index contributed by atoms with van der Waals surface area (Å²) in [6, 6.07) is -0.117. The summed E-state index contributed by atoms with van der Waals surface area (Å²) in [7, 11) is 0. The average Bonchev–Trinajstić information content (AvgIpc) is 2.42. The van der Waals surface area contributed by atoms with E-state index in [-0.39, 0.29) is 23.3 Å². The number of rotatable bonds is 4. The van der Waals surface area contributed by atoms with Gasteiger partial charge in [-0.25, -0.2) is 0 Å². The van der Waals surface area contributed by atoms with Gasteiger partial charge in [-0.1, -0.05) is 27.7 Å². The van der Waals surface area contributed by atoms with Crippen LogP contribution in [0.3, 0.4) is 0 Å². The molecule has 0 spiro atoms. The third kappa shape index (κ3) is 4.47. The van der Waals surface area contributed by atoms with E-state index < -0.39 is 0 Å². The molecule has 5 nitrogen and oxygen atoms in total. The molecular weight excluding hydrogens is 254 g/mol. The molecule has 0 aliphatic carbocycles. The number of nitrogens with one attached hydrogen (secondary N) is 1. The van der Waals surface area contributed by atoms with E-state index in [1.54, 1.807) is 0 Å². The summed E-state index contributed by atoms with van der Waals surface area (Å²) in [5.74, 6) is 0.280. The number of amides is 2. The van der Waals surface area contributed by atoms with Crippen LogP contribution in [0.1, 0.15) is 41.0 Å². The topological polar surface area (TPSA) is 52.7 Å². The Morgan fingerprint density at radius 3 is 2.15 bits per heavy atom. The van der Waals surface area contributed by atoms with Crippen LogP contribution >= 0.6 is 0 Å². The first-order chi connectivity index (χ1) is 9.27. The molecule has 0 aromatic rings. The van der Waals surface area contributed by atoms with Crippen molar-refractivity contribution in [3.05, 3.63) is 0 Å². The van der Waals surface area contributed by atoms with Gasteiger partial charge in [-0.2, -0.15) is 0 Å². The maximum Gasteiger partial charge on any atom is 0.237 e. The van der Waals surface area contributed by atoms with E-state index in [0.29, 0.717) is 13.1 Å². The predicted molar refractivity (Wildman–Crippen MR) is 80.4 cm³/mol. The number of piperazine rings is 1. The highest BCUT2D eigenvalue weighted by Gasteiger charge is 2.31. The molecule has 2 amide bonds. The monoisotopic (exact) mass is 283 g/mol.